The van der Waals surface area contributed by atoms with E-state index in [1.807, 2.05) is 0 Å². The molecule has 2 heterocycles. The van der Waals surface area contributed by atoms with Crippen LogP contribution in [0.25, 0.3) is 0 Å². The number of aliphatic hydroxyl groups is 1. The van der Waals surface area contributed by atoms with E-state index < -0.39 is 30.7 Å². The molecular formula is C11H9F3N4O2S. The minimum atomic E-state index is -2.73. The number of halogens is 3. The summed E-state index contributed by atoms with van der Waals surface area (Å²) in [5.74, 6) is -0.833. The Morgan fingerprint density at radius 1 is 1.38 bits per heavy atom. The maximum absolute atomic E-state index is 13.0. The molecule has 0 spiro atoms. The van der Waals surface area contributed by atoms with E-state index in [9.17, 15) is 18.0 Å². The van der Waals surface area contributed by atoms with Crippen molar-refractivity contribution in [3.05, 3.63) is 35.5 Å². The van der Waals surface area contributed by atoms with Crippen molar-refractivity contribution in [2.24, 2.45) is 0 Å². The Balaban J connectivity index is 2.06. The second-order valence-electron chi connectivity index (χ2n) is 3.82. The third-order valence-corrected chi connectivity index (χ3v) is 3.08. The van der Waals surface area contributed by atoms with E-state index >= 15 is 0 Å². The molecule has 0 aliphatic carbocycles. The van der Waals surface area contributed by atoms with Crippen molar-refractivity contribution >= 4 is 28.3 Å². The van der Waals surface area contributed by atoms with Crippen LogP contribution in [0.3, 0.4) is 0 Å². The Morgan fingerprint density at radius 2 is 2.14 bits per heavy atom. The molecule has 0 aromatic carbocycles. The van der Waals surface area contributed by atoms with Crippen LogP contribution >= 0.6 is 11.5 Å². The number of hydrogen-bond acceptors (Lipinski definition) is 5. The second-order valence-corrected chi connectivity index (χ2v) is 4.62. The van der Waals surface area contributed by atoms with Crippen LogP contribution in [0.2, 0.25) is 0 Å². The fourth-order valence-corrected chi connectivity index (χ4v) is 2.06. The summed E-state index contributed by atoms with van der Waals surface area (Å²) in [7, 11) is 0. The quantitative estimate of drug-likeness (QED) is 0.757. The molecule has 2 amide bonds. The standard InChI is InChI=1S/C11H9F3N4O2S/c12-8-1-6(5(4-19)3-15-8)16-11(20)17-9-2-7(10(13)14)18-21-9/h1-3,10,19H,4H2,(H2,15,16,17,20). The lowest BCUT2D eigenvalue weighted by atomic mass is 10.2. The first-order chi connectivity index (χ1) is 9.99. The third kappa shape index (κ3) is 3.89. The lowest BCUT2D eigenvalue weighted by molar-refractivity contribution is 0.147. The van der Waals surface area contributed by atoms with Crippen LogP contribution < -0.4 is 10.6 Å². The van der Waals surface area contributed by atoms with Gasteiger partial charge in [0, 0.05) is 23.9 Å². The molecule has 0 unspecified atom stereocenters. The number of nitrogens with one attached hydrogen (secondary N) is 2. The molecule has 2 aromatic rings. The van der Waals surface area contributed by atoms with Gasteiger partial charge in [-0.1, -0.05) is 0 Å². The number of pyridine rings is 1. The van der Waals surface area contributed by atoms with Gasteiger partial charge in [0.2, 0.25) is 5.95 Å². The van der Waals surface area contributed by atoms with E-state index in [0.717, 1.165) is 18.3 Å². The molecule has 3 N–H and O–H groups in total. The Labute approximate surface area is 120 Å². The monoisotopic (exact) mass is 318 g/mol. The summed E-state index contributed by atoms with van der Waals surface area (Å²) >= 11 is 0.692. The Kier molecular flexibility index (Phi) is 4.70. The highest BCUT2D eigenvalue weighted by Gasteiger charge is 2.14. The van der Waals surface area contributed by atoms with Gasteiger partial charge in [0.05, 0.1) is 12.3 Å². The van der Waals surface area contributed by atoms with Gasteiger partial charge in [0.15, 0.2) is 0 Å². The molecule has 0 bridgehead atoms. The molecule has 0 aliphatic heterocycles. The van der Waals surface area contributed by atoms with Crippen LogP contribution in [-0.2, 0) is 6.61 Å². The molecule has 6 nitrogen and oxygen atoms in total. The van der Waals surface area contributed by atoms with E-state index in [2.05, 4.69) is 20.0 Å². The molecule has 0 saturated heterocycles. The summed E-state index contributed by atoms with van der Waals surface area (Å²) in [5, 5.41) is 13.7. The zero-order chi connectivity index (χ0) is 15.4. The molecule has 2 rings (SSSR count). The zero-order valence-corrected chi connectivity index (χ0v) is 11.1. The van der Waals surface area contributed by atoms with Crippen molar-refractivity contribution in [2.75, 3.05) is 10.6 Å². The third-order valence-electron chi connectivity index (χ3n) is 2.36. The molecule has 0 saturated carbocycles. The van der Waals surface area contributed by atoms with Gasteiger partial charge in [-0.15, -0.1) is 0 Å². The maximum Gasteiger partial charge on any atom is 0.324 e. The van der Waals surface area contributed by atoms with Crippen LogP contribution in [0.4, 0.5) is 28.7 Å². The molecule has 0 radical (unpaired) electrons. The van der Waals surface area contributed by atoms with Crippen molar-refractivity contribution in [1.82, 2.24) is 9.36 Å². The van der Waals surface area contributed by atoms with Crippen LogP contribution in [0, 0.1) is 5.95 Å². The Morgan fingerprint density at radius 3 is 2.76 bits per heavy atom. The highest BCUT2D eigenvalue weighted by Crippen LogP contribution is 2.24. The van der Waals surface area contributed by atoms with Crippen molar-refractivity contribution in [1.29, 1.82) is 0 Å². The number of carbonyl (C=O) groups excluding carboxylic acids is 1. The fraction of sp³-hybridized carbons (Fsp3) is 0.182. The van der Waals surface area contributed by atoms with Gasteiger partial charge in [-0.3, -0.25) is 5.32 Å². The van der Waals surface area contributed by atoms with Gasteiger partial charge in [-0.05, 0) is 11.5 Å². The highest BCUT2D eigenvalue weighted by atomic mass is 32.1. The SMILES string of the molecule is O=C(Nc1cc(C(F)F)ns1)Nc1cc(F)ncc1CO. The highest BCUT2D eigenvalue weighted by molar-refractivity contribution is 7.10. The number of amides is 2. The predicted octanol–water partition coefficient (Wildman–Crippen LogP) is 2.75. The van der Waals surface area contributed by atoms with Crippen molar-refractivity contribution in [3.63, 3.8) is 0 Å². The van der Waals surface area contributed by atoms with Crippen molar-refractivity contribution in [2.45, 2.75) is 13.0 Å². The molecular weight excluding hydrogens is 309 g/mol. The van der Waals surface area contributed by atoms with Gasteiger partial charge >= 0.3 is 6.03 Å². The molecule has 10 heteroatoms. The van der Waals surface area contributed by atoms with E-state index in [1.54, 1.807) is 0 Å². The number of aromatic nitrogens is 2. The van der Waals surface area contributed by atoms with E-state index in [4.69, 9.17) is 5.11 Å². The minimum absolute atomic E-state index is 0.0288. The second kappa shape index (κ2) is 6.50. The summed E-state index contributed by atoms with van der Waals surface area (Å²) in [4.78, 5) is 15.0. The predicted molar refractivity (Wildman–Crippen MR) is 69.8 cm³/mol. The molecule has 0 atom stereocenters. The lowest BCUT2D eigenvalue weighted by Crippen LogP contribution is -2.20. The summed E-state index contributed by atoms with van der Waals surface area (Å²) in [6, 6.07) is 1.19. The number of aliphatic hydroxyl groups excluding tert-OH is 1. The number of alkyl halides is 2. The summed E-state index contributed by atoms with van der Waals surface area (Å²) in [6.07, 6.45) is -1.65. The minimum Gasteiger partial charge on any atom is -0.392 e. The first-order valence-corrected chi connectivity index (χ1v) is 6.35. The molecule has 112 valence electrons. The van der Waals surface area contributed by atoms with Crippen LogP contribution in [0.5, 0.6) is 0 Å². The molecule has 0 aliphatic rings. The average molecular weight is 318 g/mol. The van der Waals surface area contributed by atoms with Gasteiger partial charge < -0.3 is 10.4 Å². The van der Waals surface area contributed by atoms with E-state index in [0.29, 0.717) is 11.5 Å². The molecule has 0 fully saturated rings. The number of anilines is 2. The maximum atomic E-state index is 13.0. The number of nitrogens with zero attached hydrogens (tertiary/aromatic N) is 2. The van der Waals surface area contributed by atoms with Gasteiger partial charge in [0.25, 0.3) is 6.43 Å². The number of carbonyl (C=O) groups is 1. The smallest absolute Gasteiger partial charge is 0.324 e. The first kappa shape index (κ1) is 15.2. The Hall–Kier alpha value is -2.20. The van der Waals surface area contributed by atoms with Crippen molar-refractivity contribution < 1.29 is 23.1 Å². The van der Waals surface area contributed by atoms with E-state index in [-0.39, 0.29) is 16.3 Å². The van der Waals surface area contributed by atoms with Crippen LogP contribution in [0.1, 0.15) is 17.7 Å². The summed E-state index contributed by atoms with van der Waals surface area (Å²) in [6.45, 7) is -0.445. The Bertz CT molecular complexity index is 650. The van der Waals surface area contributed by atoms with Gasteiger partial charge in [-0.25, -0.2) is 18.6 Å². The summed E-state index contributed by atoms with van der Waals surface area (Å²) in [5.41, 5.74) is -0.202. The largest absolute Gasteiger partial charge is 0.392 e. The lowest BCUT2D eigenvalue weighted by Gasteiger charge is -2.09. The first-order valence-electron chi connectivity index (χ1n) is 5.57. The molecule has 2 aromatic heterocycles. The van der Waals surface area contributed by atoms with Crippen LogP contribution in [0.15, 0.2) is 18.3 Å². The number of urea groups is 1. The van der Waals surface area contributed by atoms with Gasteiger partial charge in [0.1, 0.15) is 10.7 Å². The average Bonchev–Trinajstić information content (AvgIpc) is 2.87. The summed E-state index contributed by atoms with van der Waals surface area (Å²) < 4.78 is 41.2. The van der Waals surface area contributed by atoms with E-state index in [1.165, 1.54) is 0 Å². The topological polar surface area (TPSA) is 87.1 Å². The number of hydrogen-bond donors (Lipinski definition) is 3. The normalized spacial score (nSPS) is 10.7. The molecule has 21 heavy (non-hydrogen) atoms. The fourth-order valence-electron chi connectivity index (χ4n) is 1.42. The van der Waals surface area contributed by atoms with Gasteiger partial charge in [-0.2, -0.15) is 8.76 Å². The number of rotatable bonds is 4. The van der Waals surface area contributed by atoms with Crippen molar-refractivity contribution in [3.8, 4) is 0 Å². The zero-order valence-electron chi connectivity index (χ0n) is 10.3. The van der Waals surface area contributed by atoms with Crippen LogP contribution in [-0.4, -0.2) is 20.5 Å².